The van der Waals surface area contributed by atoms with Gasteiger partial charge in [0, 0.05) is 30.3 Å². The highest BCUT2D eigenvalue weighted by molar-refractivity contribution is 5.94. The molecule has 132 valence electrons. The largest absolute Gasteiger partial charge is 0.363 e. The molecule has 1 aliphatic rings. The van der Waals surface area contributed by atoms with E-state index in [4.69, 9.17) is 0 Å². The molecule has 0 unspecified atom stereocenters. The van der Waals surface area contributed by atoms with E-state index >= 15 is 0 Å². The minimum absolute atomic E-state index is 0.116. The fourth-order valence-electron chi connectivity index (χ4n) is 4.16. The highest BCUT2D eigenvalue weighted by atomic mass is 16.2. The average Bonchev–Trinajstić information content (AvgIpc) is 2.60. The Kier molecular flexibility index (Phi) is 5.07. The number of carbonyl (C=O) groups is 1. The summed E-state index contributed by atoms with van der Waals surface area (Å²) in [4.78, 5) is 19.0. The van der Waals surface area contributed by atoms with Crippen molar-refractivity contribution in [3.63, 3.8) is 0 Å². The van der Waals surface area contributed by atoms with E-state index in [-0.39, 0.29) is 18.0 Å². The standard InChI is InChI=1S/C21H27N3O/c1-5-16-18(6-2)24(15(4)25)19-12-8-7-11-17(19)21(16)23-20-13-9-10-14(3)22-20/h7-13,16,18,21H,5-6H2,1-4H3,(H,22,23)/t16-,18-,21+/m0/s1. The second-order valence-electron chi connectivity index (χ2n) is 6.78. The van der Waals surface area contributed by atoms with Crippen LogP contribution in [-0.2, 0) is 4.79 Å². The molecule has 3 atom stereocenters. The number of aromatic nitrogens is 1. The van der Waals surface area contributed by atoms with E-state index in [1.54, 1.807) is 6.92 Å². The number of nitrogens with one attached hydrogen (secondary N) is 1. The highest BCUT2D eigenvalue weighted by Gasteiger charge is 2.40. The molecule has 1 N–H and O–H groups in total. The number of amides is 1. The molecule has 1 aromatic carbocycles. The number of pyridine rings is 1. The van der Waals surface area contributed by atoms with E-state index in [1.165, 1.54) is 5.56 Å². The van der Waals surface area contributed by atoms with Gasteiger partial charge in [-0.25, -0.2) is 4.98 Å². The van der Waals surface area contributed by atoms with E-state index in [9.17, 15) is 4.79 Å². The summed E-state index contributed by atoms with van der Waals surface area (Å²) < 4.78 is 0. The minimum Gasteiger partial charge on any atom is -0.363 e. The van der Waals surface area contributed by atoms with Gasteiger partial charge in [-0.15, -0.1) is 0 Å². The molecule has 4 heteroatoms. The monoisotopic (exact) mass is 337 g/mol. The van der Waals surface area contributed by atoms with Crippen molar-refractivity contribution in [1.29, 1.82) is 0 Å². The number of nitrogens with zero attached hydrogens (tertiary/aromatic N) is 2. The Morgan fingerprint density at radius 2 is 1.88 bits per heavy atom. The first-order valence-electron chi connectivity index (χ1n) is 9.15. The van der Waals surface area contributed by atoms with E-state index in [2.05, 4.69) is 42.3 Å². The van der Waals surface area contributed by atoms with Gasteiger partial charge in [-0.1, -0.05) is 38.1 Å². The third-order valence-corrected chi connectivity index (χ3v) is 5.21. The van der Waals surface area contributed by atoms with Crippen LogP contribution in [0.15, 0.2) is 42.5 Å². The van der Waals surface area contributed by atoms with Gasteiger partial charge in [0.25, 0.3) is 0 Å². The Hall–Kier alpha value is -2.36. The van der Waals surface area contributed by atoms with Crippen molar-refractivity contribution in [2.45, 2.75) is 52.6 Å². The first-order valence-corrected chi connectivity index (χ1v) is 9.15. The molecular formula is C21H27N3O. The Morgan fingerprint density at radius 1 is 1.12 bits per heavy atom. The van der Waals surface area contributed by atoms with Gasteiger partial charge in [-0.2, -0.15) is 0 Å². The summed E-state index contributed by atoms with van der Waals surface area (Å²) in [6.45, 7) is 8.04. The molecule has 25 heavy (non-hydrogen) atoms. The van der Waals surface area contributed by atoms with Crippen molar-refractivity contribution in [1.82, 2.24) is 4.98 Å². The average molecular weight is 337 g/mol. The third-order valence-electron chi connectivity index (χ3n) is 5.21. The number of anilines is 2. The zero-order valence-electron chi connectivity index (χ0n) is 15.5. The molecule has 0 spiro atoms. The Bertz CT molecular complexity index is 758. The fraction of sp³-hybridized carbons (Fsp3) is 0.429. The maximum Gasteiger partial charge on any atom is 0.224 e. The number of hydrogen-bond acceptors (Lipinski definition) is 3. The van der Waals surface area contributed by atoms with Crippen LogP contribution in [0.4, 0.5) is 11.5 Å². The maximum atomic E-state index is 12.4. The van der Waals surface area contributed by atoms with Crippen molar-refractivity contribution in [2.24, 2.45) is 5.92 Å². The van der Waals surface area contributed by atoms with Crippen LogP contribution in [0.5, 0.6) is 0 Å². The number of benzene rings is 1. The van der Waals surface area contributed by atoms with Crippen LogP contribution >= 0.6 is 0 Å². The quantitative estimate of drug-likeness (QED) is 0.878. The molecule has 0 fully saturated rings. The molecule has 4 nitrogen and oxygen atoms in total. The summed E-state index contributed by atoms with van der Waals surface area (Å²) >= 11 is 0. The molecule has 0 saturated heterocycles. The number of aryl methyl sites for hydroxylation is 1. The number of para-hydroxylation sites is 1. The predicted molar refractivity (Wildman–Crippen MR) is 103 cm³/mol. The fourth-order valence-corrected chi connectivity index (χ4v) is 4.16. The Labute approximate surface area is 150 Å². The second kappa shape index (κ2) is 7.26. The van der Waals surface area contributed by atoms with Gasteiger partial charge >= 0.3 is 0 Å². The van der Waals surface area contributed by atoms with E-state index in [1.807, 2.05) is 36.1 Å². The zero-order chi connectivity index (χ0) is 18.0. The molecule has 1 amide bonds. The smallest absolute Gasteiger partial charge is 0.224 e. The van der Waals surface area contributed by atoms with Gasteiger partial charge in [-0.05, 0) is 43.5 Å². The minimum atomic E-state index is 0.116. The summed E-state index contributed by atoms with van der Waals surface area (Å²) in [5.41, 5.74) is 3.20. The van der Waals surface area contributed by atoms with Crippen LogP contribution < -0.4 is 10.2 Å². The summed E-state index contributed by atoms with van der Waals surface area (Å²) in [5.74, 6) is 1.35. The van der Waals surface area contributed by atoms with Gasteiger partial charge < -0.3 is 10.2 Å². The van der Waals surface area contributed by atoms with Crippen molar-refractivity contribution in [2.75, 3.05) is 10.2 Å². The Morgan fingerprint density at radius 3 is 2.52 bits per heavy atom. The molecular weight excluding hydrogens is 310 g/mol. The van der Waals surface area contributed by atoms with Crippen molar-refractivity contribution in [3.8, 4) is 0 Å². The normalized spacial score (nSPS) is 22.4. The van der Waals surface area contributed by atoms with Crippen LogP contribution in [-0.4, -0.2) is 16.9 Å². The first-order chi connectivity index (χ1) is 12.1. The lowest BCUT2D eigenvalue weighted by Gasteiger charge is -2.46. The first kappa shape index (κ1) is 17.5. The SMILES string of the molecule is CC[C@@H]1[C@@H](Nc2cccc(C)n2)c2ccccc2N(C(C)=O)[C@H]1CC. The van der Waals surface area contributed by atoms with Crippen LogP contribution in [0.3, 0.4) is 0 Å². The van der Waals surface area contributed by atoms with Gasteiger partial charge in [0.2, 0.25) is 5.91 Å². The molecule has 0 saturated carbocycles. The molecule has 0 radical (unpaired) electrons. The van der Waals surface area contributed by atoms with Crippen molar-refractivity contribution in [3.05, 3.63) is 53.7 Å². The van der Waals surface area contributed by atoms with Gasteiger partial charge in [0.1, 0.15) is 5.82 Å². The maximum absolute atomic E-state index is 12.4. The van der Waals surface area contributed by atoms with Gasteiger partial charge in [0.05, 0.1) is 6.04 Å². The van der Waals surface area contributed by atoms with E-state index in [0.717, 1.165) is 30.0 Å². The summed E-state index contributed by atoms with van der Waals surface area (Å²) in [7, 11) is 0. The number of rotatable bonds is 4. The van der Waals surface area contributed by atoms with Crippen LogP contribution in [0.25, 0.3) is 0 Å². The Balaban J connectivity index is 2.08. The molecule has 2 heterocycles. The van der Waals surface area contributed by atoms with Crippen LogP contribution in [0.1, 0.15) is 50.9 Å². The van der Waals surface area contributed by atoms with E-state index < -0.39 is 0 Å². The highest BCUT2D eigenvalue weighted by Crippen LogP contribution is 2.44. The van der Waals surface area contributed by atoms with E-state index in [0.29, 0.717) is 5.92 Å². The molecule has 0 aliphatic carbocycles. The molecule has 1 aromatic heterocycles. The summed E-state index contributed by atoms with van der Waals surface area (Å²) in [6, 6.07) is 14.6. The molecule has 1 aliphatic heterocycles. The lowest BCUT2D eigenvalue weighted by atomic mass is 9.78. The lowest BCUT2D eigenvalue weighted by Crippen LogP contribution is -2.50. The number of carbonyl (C=O) groups excluding carboxylic acids is 1. The number of fused-ring (bicyclic) bond motifs is 1. The van der Waals surface area contributed by atoms with Gasteiger partial charge in [0.15, 0.2) is 0 Å². The lowest BCUT2D eigenvalue weighted by molar-refractivity contribution is -0.117. The summed E-state index contributed by atoms with van der Waals surface area (Å²) in [6.07, 6.45) is 1.94. The van der Waals surface area contributed by atoms with Crippen molar-refractivity contribution >= 4 is 17.4 Å². The zero-order valence-corrected chi connectivity index (χ0v) is 15.5. The van der Waals surface area contributed by atoms with Gasteiger partial charge in [-0.3, -0.25) is 4.79 Å². The summed E-state index contributed by atoms with van der Waals surface area (Å²) in [5, 5.41) is 3.65. The van der Waals surface area contributed by atoms with Crippen molar-refractivity contribution < 1.29 is 4.79 Å². The van der Waals surface area contributed by atoms with Crippen LogP contribution in [0.2, 0.25) is 0 Å². The molecule has 3 rings (SSSR count). The predicted octanol–water partition coefficient (Wildman–Crippen LogP) is 4.71. The second-order valence-corrected chi connectivity index (χ2v) is 6.78. The molecule has 0 bridgehead atoms. The number of hydrogen-bond donors (Lipinski definition) is 1. The molecule has 2 aromatic rings. The topological polar surface area (TPSA) is 45.2 Å². The van der Waals surface area contributed by atoms with Crippen LogP contribution in [0, 0.1) is 12.8 Å². The third kappa shape index (κ3) is 3.26.